The molecule has 0 saturated carbocycles. The molecule has 156 valence electrons. The van der Waals surface area contributed by atoms with Crippen LogP contribution in [0.3, 0.4) is 0 Å². The Morgan fingerprint density at radius 1 is 1.18 bits per heavy atom. The fourth-order valence-corrected chi connectivity index (χ4v) is 2.83. The second kappa shape index (κ2) is 8.77. The molecule has 2 amide bonds. The lowest BCUT2D eigenvalue weighted by Gasteiger charge is -2.36. The molecule has 28 heavy (non-hydrogen) atoms. The molecule has 1 aromatic carbocycles. The summed E-state index contributed by atoms with van der Waals surface area (Å²) in [6.07, 6.45) is -0.354. The highest BCUT2D eigenvalue weighted by Crippen LogP contribution is 2.25. The molecule has 1 saturated heterocycles. The Labute approximate surface area is 166 Å². The number of benzene rings is 1. The van der Waals surface area contributed by atoms with Gasteiger partial charge in [-0.1, -0.05) is 13.8 Å². The molecule has 1 aliphatic heterocycles. The van der Waals surface area contributed by atoms with Gasteiger partial charge in [0.15, 0.2) is 0 Å². The average Bonchev–Trinajstić information content (AvgIpc) is 2.59. The van der Waals surface area contributed by atoms with Gasteiger partial charge in [-0.05, 0) is 44.9 Å². The van der Waals surface area contributed by atoms with E-state index in [0.29, 0.717) is 37.6 Å². The number of halogens is 1. The standard InChI is InChI=1S/C20H31FN4O3/c1-13(2)17(22)18(26)23-14-6-7-16(15(21)12-14)24-8-10-25(11-9-24)19(27)28-20(3,4)5/h6-7,12-13,17H,8-11,22H2,1-5H3,(H,23,26). The lowest BCUT2D eigenvalue weighted by molar-refractivity contribution is -0.118. The summed E-state index contributed by atoms with van der Waals surface area (Å²) in [5.74, 6) is -0.778. The largest absolute Gasteiger partial charge is 0.444 e. The van der Waals surface area contributed by atoms with Gasteiger partial charge < -0.3 is 25.6 Å². The van der Waals surface area contributed by atoms with Crippen molar-refractivity contribution in [3.8, 4) is 0 Å². The molecule has 1 aliphatic rings. The summed E-state index contributed by atoms with van der Waals surface area (Å²) in [6, 6.07) is 3.93. The van der Waals surface area contributed by atoms with Crippen LogP contribution in [0.15, 0.2) is 18.2 Å². The molecule has 1 atom stereocenters. The first-order valence-electron chi connectivity index (χ1n) is 9.57. The number of hydrogen-bond donors (Lipinski definition) is 2. The predicted octanol–water partition coefficient (Wildman–Crippen LogP) is 2.80. The molecule has 1 unspecified atom stereocenters. The lowest BCUT2D eigenvalue weighted by atomic mass is 10.0. The number of piperazine rings is 1. The van der Waals surface area contributed by atoms with Gasteiger partial charge in [-0.2, -0.15) is 0 Å². The summed E-state index contributed by atoms with van der Waals surface area (Å²) in [4.78, 5) is 27.7. The van der Waals surface area contributed by atoms with E-state index in [9.17, 15) is 14.0 Å². The first-order valence-corrected chi connectivity index (χ1v) is 9.57. The van der Waals surface area contributed by atoms with Gasteiger partial charge in [-0.3, -0.25) is 4.79 Å². The highest BCUT2D eigenvalue weighted by Gasteiger charge is 2.27. The summed E-state index contributed by atoms with van der Waals surface area (Å²) >= 11 is 0. The van der Waals surface area contributed by atoms with Crippen molar-refractivity contribution in [1.82, 2.24) is 4.90 Å². The van der Waals surface area contributed by atoms with Crippen molar-refractivity contribution in [3.05, 3.63) is 24.0 Å². The minimum absolute atomic E-state index is 0.00890. The summed E-state index contributed by atoms with van der Waals surface area (Å²) in [5, 5.41) is 2.65. The van der Waals surface area contributed by atoms with Crippen LogP contribution in [0, 0.1) is 11.7 Å². The van der Waals surface area contributed by atoms with Crippen LogP contribution in [0.1, 0.15) is 34.6 Å². The second-order valence-electron chi connectivity index (χ2n) is 8.38. The summed E-state index contributed by atoms with van der Waals surface area (Å²) in [7, 11) is 0. The van der Waals surface area contributed by atoms with Crippen LogP contribution in [-0.2, 0) is 9.53 Å². The Morgan fingerprint density at radius 3 is 2.29 bits per heavy atom. The van der Waals surface area contributed by atoms with E-state index >= 15 is 0 Å². The van der Waals surface area contributed by atoms with Crippen LogP contribution < -0.4 is 16.0 Å². The number of rotatable bonds is 4. The molecule has 3 N–H and O–H groups in total. The maximum atomic E-state index is 14.6. The minimum Gasteiger partial charge on any atom is -0.444 e. The topological polar surface area (TPSA) is 87.9 Å². The number of amides is 2. The number of hydrogen-bond acceptors (Lipinski definition) is 5. The molecular formula is C20H31FN4O3. The van der Waals surface area contributed by atoms with E-state index in [1.165, 1.54) is 6.07 Å². The number of carbonyl (C=O) groups is 2. The van der Waals surface area contributed by atoms with Crippen LogP contribution in [0.5, 0.6) is 0 Å². The number of ether oxygens (including phenoxy) is 1. The zero-order valence-corrected chi connectivity index (χ0v) is 17.3. The quantitative estimate of drug-likeness (QED) is 0.820. The van der Waals surface area contributed by atoms with E-state index < -0.39 is 17.5 Å². The fraction of sp³-hybridized carbons (Fsp3) is 0.600. The third-order valence-corrected chi connectivity index (χ3v) is 4.51. The van der Waals surface area contributed by atoms with Crippen LogP contribution in [0.4, 0.5) is 20.6 Å². The number of nitrogens with two attached hydrogens (primary N) is 1. The van der Waals surface area contributed by atoms with E-state index in [1.54, 1.807) is 17.0 Å². The van der Waals surface area contributed by atoms with Gasteiger partial charge >= 0.3 is 6.09 Å². The Kier molecular flexibility index (Phi) is 6.87. The maximum absolute atomic E-state index is 14.6. The Morgan fingerprint density at radius 2 is 1.79 bits per heavy atom. The normalized spacial score (nSPS) is 16.1. The van der Waals surface area contributed by atoms with Gasteiger partial charge in [-0.25, -0.2) is 9.18 Å². The third kappa shape index (κ3) is 5.82. The van der Waals surface area contributed by atoms with E-state index in [0.717, 1.165) is 0 Å². The highest BCUT2D eigenvalue weighted by atomic mass is 19.1. The Bertz CT molecular complexity index is 710. The predicted molar refractivity (Wildman–Crippen MR) is 108 cm³/mol. The van der Waals surface area contributed by atoms with Gasteiger partial charge in [-0.15, -0.1) is 0 Å². The van der Waals surface area contributed by atoms with E-state index in [-0.39, 0.29) is 17.9 Å². The van der Waals surface area contributed by atoms with Crippen molar-refractivity contribution in [2.24, 2.45) is 11.7 Å². The smallest absolute Gasteiger partial charge is 0.410 e. The minimum atomic E-state index is -0.649. The monoisotopic (exact) mass is 394 g/mol. The van der Waals surface area contributed by atoms with Crippen molar-refractivity contribution in [2.75, 3.05) is 36.4 Å². The molecule has 1 heterocycles. The molecule has 0 spiro atoms. The van der Waals surface area contributed by atoms with Gasteiger partial charge in [0.1, 0.15) is 11.4 Å². The molecule has 0 aliphatic carbocycles. The molecule has 0 bridgehead atoms. The molecule has 7 nitrogen and oxygen atoms in total. The van der Waals surface area contributed by atoms with E-state index in [1.807, 2.05) is 39.5 Å². The Hall–Kier alpha value is -2.35. The van der Waals surface area contributed by atoms with Crippen molar-refractivity contribution >= 4 is 23.4 Å². The highest BCUT2D eigenvalue weighted by molar-refractivity contribution is 5.95. The SMILES string of the molecule is CC(C)C(N)C(=O)Nc1ccc(N2CCN(C(=O)OC(C)(C)C)CC2)c(F)c1. The van der Waals surface area contributed by atoms with Crippen molar-refractivity contribution in [3.63, 3.8) is 0 Å². The first kappa shape index (κ1) is 21.9. The molecule has 0 aromatic heterocycles. The van der Waals surface area contributed by atoms with Crippen molar-refractivity contribution < 1.29 is 18.7 Å². The van der Waals surface area contributed by atoms with E-state index in [4.69, 9.17) is 10.5 Å². The summed E-state index contributed by atoms with van der Waals surface area (Å²) in [6.45, 7) is 11.1. The zero-order chi connectivity index (χ0) is 21.1. The van der Waals surface area contributed by atoms with Crippen LogP contribution in [0.25, 0.3) is 0 Å². The average molecular weight is 394 g/mol. The second-order valence-corrected chi connectivity index (χ2v) is 8.38. The van der Waals surface area contributed by atoms with Gasteiger partial charge in [0.2, 0.25) is 5.91 Å². The van der Waals surface area contributed by atoms with Crippen molar-refractivity contribution in [1.29, 1.82) is 0 Å². The third-order valence-electron chi connectivity index (χ3n) is 4.51. The molecule has 2 rings (SSSR count). The summed E-state index contributed by atoms with van der Waals surface area (Å²) < 4.78 is 20.0. The molecule has 1 fully saturated rings. The molecular weight excluding hydrogens is 363 g/mol. The Balaban J connectivity index is 1.97. The number of anilines is 2. The van der Waals surface area contributed by atoms with Gasteiger partial charge in [0.05, 0.1) is 11.7 Å². The van der Waals surface area contributed by atoms with Crippen LogP contribution in [0.2, 0.25) is 0 Å². The maximum Gasteiger partial charge on any atom is 0.410 e. The zero-order valence-electron chi connectivity index (χ0n) is 17.3. The van der Waals surface area contributed by atoms with Gasteiger partial charge in [0.25, 0.3) is 0 Å². The molecule has 0 radical (unpaired) electrons. The van der Waals surface area contributed by atoms with Crippen molar-refractivity contribution in [2.45, 2.75) is 46.3 Å². The van der Waals surface area contributed by atoms with Crippen LogP contribution >= 0.6 is 0 Å². The van der Waals surface area contributed by atoms with Gasteiger partial charge in [0, 0.05) is 31.9 Å². The molecule has 8 heteroatoms. The molecule has 1 aromatic rings. The van der Waals surface area contributed by atoms with Crippen LogP contribution in [-0.4, -0.2) is 54.7 Å². The lowest BCUT2D eigenvalue weighted by Crippen LogP contribution is -2.50. The first-order chi connectivity index (χ1) is 13.0. The fourth-order valence-electron chi connectivity index (χ4n) is 2.83. The number of nitrogens with one attached hydrogen (secondary N) is 1. The summed E-state index contributed by atoms with van der Waals surface area (Å²) in [5.41, 5.74) is 6.08. The number of carbonyl (C=O) groups excluding carboxylic acids is 2. The van der Waals surface area contributed by atoms with E-state index in [2.05, 4.69) is 5.32 Å². The number of nitrogens with zero attached hydrogens (tertiary/aromatic N) is 2.